The van der Waals surface area contributed by atoms with Gasteiger partial charge in [-0.1, -0.05) is 5.16 Å². The topological polar surface area (TPSA) is 75.8 Å². The number of likely N-dealkylation sites (tertiary alicyclic amines) is 1. The van der Waals surface area contributed by atoms with E-state index in [0.717, 1.165) is 12.2 Å². The summed E-state index contributed by atoms with van der Waals surface area (Å²) in [5.41, 5.74) is 0.177. The Labute approximate surface area is 106 Å². The Morgan fingerprint density at radius 1 is 1.72 bits per heavy atom. The number of nitrogens with zero attached hydrogens (tertiary/aromatic N) is 2. The summed E-state index contributed by atoms with van der Waals surface area (Å²) in [6.07, 6.45) is 0.672. The lowest BCUT2D eigenvalue weighted by Gasteiger charge is -2.18. The van der Waals surface area contributed by atoms with E-state index in [4.69, 9.17) is 14.4 Å². The second kappa shape index (κ2) is 5.07. The molecule has 1 aliphatic heterocycles. The molecule has 1 unspecified atom stereocenters. The Morgan fingerprint density at radius 2 is 2.50 bits per heavy atom. The van der Waals surface area contributed by atoms with Crippen LogP contribution < -0.4 is 0 Å². The summed E-state index contributed by atoms with van der Waals surface area (Å²) >= 11 is 0. The minimum Gasteiger partial charge on any atom is -0.481 e. The number of ether oxygens (including phenoxy) is 1. The third kappa shape index (κ3) is 2.70. The second-order valence-electron chi connectivity index (χ2n) is 5.04. The smallest absolute Gasteiger partial charge is 0.310 e. The first-order valence-corrected chi connectivity index (χ1v) is 5.93. The van der Waals surface area contributed by atoms with Gasteiger partial charge >= 0.3 is 5.97 Å². The van der Waals surface area contributed by atoms with Crippen LogP contribution >= 0.6 is 0 Å². The van der Waals surface area contributed by atoms with E-state index in [9.17, 15) is 4.79 Å². The maximum atomic E-state index is 11.1. The molecule has 1 aromatic rings. The molecule has 0 amide bonds. The SMILES string of the molecule is COCc1cc(CN2CCC(C)(C(=O)O)C2)no1. The third-order valence-electron chi connectivity index (χ3n) is 3.35. The summed E-state index contributed by atoms with van der Waals surface area (Å²) < 4.78 is 10.0. The lowest BCUT2D eigenvalue weighted by molar-refractivity contribution is -0.147. The quantitative estimate of drug-likeness (QED) is 0.848. The van der Waals surface area contributed by atoms with Crippen LogP contribution in [0.15, 0.2) is 10.6 Å². The van der Waals surface area contributed by atoms with Crippen LogP contribution in [0.1, 0.15) is 24.8 Å². The summed E-state index contributed by atoms with van der Waals surface area (Å²) in [4.78, 5) is 13.2. The van der Waals surface area contributed by atoms with Gasteiger partial charge in [0.05, 0.1) is 11.1 Å². The highest BCUT2D eigenvalue weighted by Crippen LogP contribution is 2.30. The van der Waals surface area contributed by atoms with E-state index in [0.29, 0.717) is 31.9 Å². The van der Waals surface area contributed by atoms with Crippen LogP contribution in [0.2, 0.25) is 0 Å². The molecule has 100 valence electrons. The molecule has 0 spiro atoms. The minimum atomic E-state index is -0.731. The van der Waals surface area contributed by atoms with E-state index in [1.807, 2.05) is 6.07 Å². The van der Waals surface area contributed by atoms with Crippen molar-refractivity contribution < 1.29 is 19.2 Å². The molecular formula is C12H18N2O4. The molecule has 1 aliphatic rings. The highest BCUT2D eigenvalue weighted by atomic mass is 16.5. The van der Waals surface area contributed by atoms with Crippen molar-refractivity contribution in [2.75, 3.05) is 20.2 Å². The van der Waals surface area contributed by atoms with E-state index in [2.05, 4.69) is 10.1 Å². The minimum absolute atomic E-state index is 0.403. The van der Waals surface area contributed by atoms with Gasteiger partial charge in [-0.05, 0) is 19.9 Å². The molecule has 2 heterocycles. The highest BCUT2D eigenvalue weighted by molar-refractivity contribution is 5.74. The van der Waals surface area contributed by atoms with Crippen LogP contribution in [0, 0.1) is 5.41 Å². The van der Waals surface area contributed by atoms with E-state index in [1.165, 1.54) is 0 Å². The van der Waals surface area contributed by atoms with E-state index in [1.54, 1.807) is 14.0 Å². The molecule has 1 saturated heterocycles. The van der Waals surface area contributed by atoms with Crippen LogP contribution in [0.25, 0.3) is 0 Å². The largest absolute Gasteiger partial charge is 0.481 e. The Kier molecular flexibility index (Phi) is 3.68. The van der Waals surface area contributed by atoms with Crippen LogP contribution in [0.4, 0.5) is 0 Å². The number of carboxylic acid groups (broad SMARTS) is 1. The van der Waals surface area contributed by atoms with Crippen LogP contribution in [-0.4, -0.2) is 41.3 Å². The van der Waals surface area contributed by atoms with Crippen molar-refractivity contribution in [3.8, 4) is 0 Å². The zero-order valence-corrected chi connectivity index (χ0v) is 10.7. The molecule has 1 fully saturated rings. The van der Waals surface area contributed by atoms with Crippen molar-refractivity contribution in [3.63, 3.8) is 0 Å². The summed E-state index contributed by atoms with van der Waals surface area (Å²) in [5, 5.41) is 13.1. The molecular weight excluding hydrogens is 236 g/mol. The van der Waals surface area contributed by atoms with Gasteiger partial charge in [0.25, 0.3) is 0 Å². The Balaban J connectivity index is 1.93. The number of carbonyl (C=O) groups is 1. The predicted octanol–water partition coefficient (Wildman–Crippen LogP) is 1.12. The van der Waals surface area contributed by atoms with Gasteiger partial charge in [0.15, 0.2) is 5.76 Å². The van der Waals surface area contributed by atoms with Crippen molar-refractivity contribution in [1.29, 1.82) is 0 Å². The first kappa shape index (κ1) is 13.0. The van der Waals surface area contributed by atoms with Crippen LogP contribution in [-0.2, 0) is 22.7 Å². The summed E-state index contributed by atoms with van der Waals surface area (Å²) in [6, 6.07) is 1.85. The molecule has 2 rings (SSSR count). The van der Waals surface area contributed by atoms with Gasteiger partial charge in [-0.25, -0.2) is 0 Å². The first-order valence-electron chi connectivity index (χ1n) is 5.93. The number of aromatic nitrogens is 1. The Morgan fingerprint density at radius 3 is 3.11 bits per heavy atom. The monoisotopic (exact) mass is 254 g/mol. The van der Waals surface area contributed by atoms with E-state index in [-0.39, 0.29) is 0 Å². The van der Waals surface area contributed by atoms with Gasteiger partial charge in [0, 0.05) is 26.3 Å². The Bertz CT molecular complexity index is 431. The van der Waals surface area contributed by atoms with Gasteiger partial charge in [0.2, 0.25) is 0 Å². The van der Waals surface area contributed by atoms with Crippen molar-refractivity contribution in [2.45, 2.75) is 26.5 Å². The predicted molar refractivity (Wildman–Crippen MR) is 62.9 cm³/mol. The fourth-order valence-electron chi connectivity index (χ4n) is 2.24. The molecule has 1 atom stereocenters. The number of rotatable bonds is 5. The number of carboxylic acids is 1. The third-order valence-corrected chi connectivity index (χ3v) is 3.35. The van der Waals surface area contributed by atoms with Crippen LogP contribution in [0.5, 0.6) is 0 Å². The molecule has 6 nitrogen and oxygen atoms in total. The maximum absolute atomic E-state index is 11.1. The van der Waals surface area contributed by atoms with E-state index < -0.39 is 11.4 Å². The molecule has 6 heteroatoms. The normalized spacial score (nSPS) is 24.6. The van der Waals surface area contributed by atoms with E-state index >= 15 is 0 Å². The first-order chi connectivity index (χ1) is 8.53. The lowest BCUT2D eigenvalue weighted by atomic mass is 9.90. The summed E-state index contributed by atoms with van der Waals surface area (Å²) in [5.74, 6) is -0.0436. The maximum Gasteiger partial charge on any atom is 0.310 e. The van der Waals surface area contributed by atoms with Crippen molar-refractivity contribution >= 4 is 5.97 Å². The fourth-order valence-corrected chi connectivity index (χ4v) is 2.24. The van der Waals surface area contributed by atoms with Gasteiger partial charge < -0.3 is 14.4 Å². The highest BCUT2D eigenvalue weighted by Gasteiger charge is 2.40. The summed E-state index contributed by atoms with van der Waals surface area (Å²) in [6.45, 7) is 4.13. The number of methoxy groups -OCH3 is 1. The zero-order chi connectivity index (χ0) is 13.2. The molecule has 18 heavy (non-hydrogen) atoms. The van der Waals surface area contributed by atoms with Crippen molar-refractivity contribution in [3.05, 3.63) is 17.5 Å². The summed E-state index contributed by atoms with van der Waals surface area (Å²) in [7, 11) is 1.60. The average molecular weight is 254 g/mol. The van der Waals surface area contributed by atoms with Gasteiger partial charge in [-0.2, -0.15) is 0 Å². The zero-order valence-electron chi connectivity index (χ0n) is 10.7. The number of hydrogen-bond acceptors (Lipinski definition) is 5. The number of hydrogen-bond donors (Lipinski definition) is 1. The van der Waals surface area contributed by atoms with Crippen molar-refractivity contribution in [1.82, 2.24) is 10.1 Å². The molecule has 1 N–H and O–H groups in total. The molecule has 1 aromatic heterocycles. The second-order valence-corrected chi connectivity index (χ2v) is 5.04. The van der Waals surface area contributed by atoms with Crippen molar-refractivity contribution in [2.24, 2.45) is 5.41 Å². The fraction of sp³-hybridized carbons (Fsp3) is 0.667. The molecule has 0 saturated carbocycles. The molecule has 0 aromatic carbocycles. The Hall–Kier alpha value is -1.40. The molecule has 0 radical (unpaired) electrons. The van der Waals surface area contributed by atoms with Gasteiger partial charge in [-0.3, -0.25) is 9.69 Å². The van der Waals surface area contributed by atoms with Gasteiger partial charge in [-0.15, -0.1) is 0 Å². The van der Waals surface area contributed by atoms with Gasteiger partial charge in [0.1, 0.15) is 6.61 Å². The van der Waals surface area contributed by atoms with Crippen LogP contribution in [0.3, 0.4) is 0 Å². The molecule has 0 bridgehead atoms. The standard InChI is InChI=1S/C12H18N2O4/c1-12(11(15)16)3-4-14(8-12)6-9-5-10(7-17-2)18-13-9/h5H,3-4,6-8H2,1-2H3,(H,15,16). The average Bonchev–Trinajstić information content (AvgIpc) is 2.88. The number of aliphatic carboxylic acids is 1. The lowest BCUT2D eigenvalue weighted by Crippen LogP contribution is -2.31. The molecule has 0 aliphatic carbocycles.